The summed E-state index contributed by atoms with van der Waals surface area (Å²) in [5.74, 6) is 2.73. The van der Waals surface area contributed by atoms with Gasteiger partial charge in [-0.2, -0.15) is 0 Å². The molecule has 0 amide bonds. The van der Waals surface area contributed by atoms with E-state index >= 15 is 0 Å². The number of H-pyrrole nitrogens is 1. The van der Waals surface area contributed by atoms with Crippen LogP contribution in [-0.2, 0) is 6.42 Å². The molecule has 4 nitrogen and oxygen atoms in total. The number of nitrogens with one attached hydrogen (secondary N) is 1. The molecule has 0 aliphatic carbocycles. The highest BCUT2D eigenvalue weighted by Crippen LogP contribution is 2.33. The fraction of sp³-hybridized carbons (Fsp3) is 0.600. The molecule has 1 saturated heterocycles. The first kappa shape index (κ1) is 12.5. The summed E-state index contributed by atoms with van der Waals surface area (Å²) in [5.41, 5.74) is 2.28. The summed E-state index contributed by atoms with van der Waals surface area (Å²) < 4.78 is 0. The van der Waals surface area contributed by atoms with Gasteiger partial charge >= 0.3 is 0 Å². The molecule has 3 rings (SSSR count). The third-order valence-corrected chi connectivity index (χ3v) is 3.97. The number of aryl methyl sites for hydroxylation is 1. The van der Waals surface area contributed by atoms with Gasteiger partial charge in [-0.1, -0.05) is 20.8 Å². The van der Waals surface area contributed by atoms with Gasteiger partial charge in [0.1, 0.15) is 17.8 Å². The van der Waals surface area contributed by atoms with E-state index in [0.29, 0.717) is 0 Å². The van der Waals surface area contributed by atoms with Crippen molar-refractivity contribution in [2.45, 2.75) is 33.6 Å². The van der Waals surface area contributed by atoms with Gasteiger partial charge in [0.25, 0.3) is 0 Å². The van der Waals surface area contributed by atoms with E-state index in [2.05, 4.69) is 46.8 Å². The predicted molar refractivity (Wildman–Crippen MR) is 78.4 cm³/mol. The van der Waals surface area contributed by atoms with Crippen LogP contribution in [-0.4, -0.2) is 28.0 Å². The Morgan fingerprint density at radius 3 is 2.84 bits per heavy atom. The van der Waals surface area contributed by atoms with Crippen molar-refractivity contribution in [2.24, 2.45) is 11.8 Å². The smallest absolute Gasteiger partial charge is 0.143 e. The zero-order chi connectivity index (χ0) is 13.4. The molecule has 0 aromatic carbocycles. The summed E-state index contributed by atoms with van der Waals surface area (Å²) >= 11 is 0. The summed E-state index contributed by atoms with van der Waals surface area (Å²) in [4.78, 5) is 14.5. The molecule has 0 bridgehead atoms. The number of hydrogen-bond donors (Lipinski definition) is 1. The van der Waals surface area contributed by atoms with Gasteiger partial charge in [-0.15, -0.1) is 0 Å². The Morgan fingerprint density at radius 2 is 2.16 bits per heavy atom. The molecule has 0 spiro atoms. The summed E-state index contributed by atoms with van der Waals surface area (Å²) in [6.07, 6.45) is 6.07. The van der Waals surface area contributed by atoms with Crippen LogP contribution in [0.1, 0.15) is 32.8 Å². The van der Waals surface area contributed by atoms with Crippen molar-refractivity contribution in [3.05, 3.63) is 18.1 Å². The Hall–Kier alpha value is -1.58. The molecule has 2 aromatic heterocycles. The molecule has 3 heterocycles. The van der Waals surface area contributed by atoms with Crippen molar-refractivity contribution < 1.29 is 0 Å². The second-order valence-electron chi connectivity index (χ2n) is 5.99. The normalized spacial score (nSPS) is 16.3. The molecule has 1 fully saturated rings. The molecular weight excluding hydrogens is 236 g/mol. The van der Waals surface area contributed by atoms with Crippen molar-refractivity contribution >= 4 is 16.9 Å². The first-order chi connectivity index (χ1) is 9.19. The van der Waals surface area contributed by atoms with Crippen LogP contribution in [0.4, 0.5) is 5.82 Å². The Bertz CT molecular complexity index is 567. The lowest BCUT2D eigenvalue weighted by molar-refractivity contribution is 0.336. The monoisotopic (exact) mass is 258 g/mol. The second-order valence-corrected chi connectivity index (χ2v) is 5.99. The molecule has 1 aliphatic rings. The average Bonchev–Trinajstić information content (AvgIpc) is 2.76. The lowest BCUT2D eigenvalue weighted by Gasteiger charge is -2.41. The summed E-state index contributed by atoms with van der Waals surface area (Å²) in [6, 6.07) is 0. The Kier molecular flexibility index (Phi) is 3.17. The van der Waals surface area contributed by atoms with E-state index < -0.39 is 0 Å². The summed E-state index contributed by atoms with van der Waals surface area (Å²) in [7, 11) is 0. The summed E-state index contributed by atoms with van der Waals surface area (Å²) in [6.45, 7) is 9.05. The molecule has 19 heavy (non-hydrogen) atoms. The molecule has 1 N–H and O–H groups in total. The number of rotatable bonds is 4. The van der Waals surface area contributed by atoms with Crippen LogP contribution < -0.4 is 4.90 Å². The molecule has 2 aromatic rings. The standard InChI is InChI=1S/C15H22N4/c1-4-12-6-16-14-13(12)15(18-9-17-14)19-7-11(8-19)5-10(2)3/h6,9-11H,4-5,7-8H2,1-3H3,(H,16,17,18). The maximum absolute atomic E-state index is 4.52. The van der Waals surface area contributed by atoms with E-state index in [1.54, 1.807) is 6.33 Å². The fourth-order valence-corrected chi connectivity index (χ4v) is 3.09. The highest BCUT2D eigenvalue weighted by Gasteiger charge is 2.30. The number of fused-ring (bicyclic) bond motifs is 1. The lowest BCUT2D eigenvalue weighted by atomic mass is 9.90. The summed E-state index contributed by atoms with van der Waals surface area (Å²) in [5, 5.41) is 1.22. The van der Waals surface area contributed by atoms with Crippen molar-refractivity contribution in [3.63, 3.8) is 0 Å². The third kappa shape index (κ3) is 2.20. The minimum absolute atomic E-state index is 0.788. The topological polar surface area (TPSA) is 44.8 Å². The molecule has 4 heteroatoms. The van der Waals surface area contributed by atoms with Gasteiger partial charge in [0.15, 0.2) is 0 Å². The van der Waals surface area contributed by atoms with Crippen LogP contribution in [0.25, 0.3) is 11.0 Å². The Labute approximate surface area is 114 Å². The first-order valence-electron chi connectivity index (χ1n) is 7.25. The Balaban J connectivity index is 1.84. The van der Waals surface area contributed by atoms with Crippen LogP contribution in [0.5, 0.6) is 0 Å². The van der Waals surface area contributed by atoms with E-state index in [-0.39, 0.29) is 0 Å². The number of aromatic nitrogens is 3. The van der Waals surface area contributed by atoms with Crippen molar-refractivity contribution in [1.82, 2.24) is 15.0 Å². The van der Waals surface area contributed by atoms with Gasteiger partial charge in [0.2, 0.25) is 0 Å². The van der Waals surface area contributed by atoms with Gasteiger partial charge < -0.3 is 9.88 Å². The maximum atomic E-state index is 4.52. The van der Waals surface area contributed by atoms with Gasteiger partial charge in [-0.05, 0) is 30.2 Å². The van der Waals surface area contributed by atoms with Crippen LogP contribution in [0, 0.1) is 11.8 Å². The third-order valence-electron chi connectivity index (χ3n) is 3.97. The lowest BCUT2D eigenvalue weighted by Crippen LogP contribution is -2.47. The van der Waals surface area contributed by atoms with Gasteiger partial charge in [-0.3, -0.25) is 0 Å². The van der Waals surface area contributed by atoms with E-state index in [9.17, 15) is 0 Å². The molecule has 102 valence electrons. The molecule has 0 saturated carbocycles. The van der Waals surface area contributed by atoms with E-state index in [1.165, 1.54) is 17.4 Å². The maximum Gasteiger partial charge on any atom is 0.143 e. The largest absolute Gasteiger partial charge is 0.355 e. The predicted octanol–water partition coefficient (Wildman–Crippen LogP) is 3.00. The van der Waals surface area contributed by atoms with E-state index in [4.69, 9.17) is 0 Å². The number of aromatic amines is 1. The fourth-order valence-electron chi connectivity index (χ4n) is 3.09. The van der Waals surface area contributed by atoms with Gasteiger partial charge in [0.05, 0.1) is 5.39 Å². The highest BCUT2D eigenvalue weighted by molar-refractivity contribution is 5.91. The minimum Gasteiger partial charge on any atom is -0.355 e. The van der Waals surface area contributed by atoms with Gasteiger partial charge in [-0.25, -0.2) is 9.97 Å². The van der Waals surface area contributed by atoms with Crippen molar-refractivity contribution in [2.75, 3.05) is 18.0 Å². The quantitative estimate of drug-likeness (QED) is 0.917. The first-order valence-corrected chi connectivity index (χ1v) is 7.25. The van der Waals surface area contributed by atoms with Crippen LogP contribution in [0.15, 0.2) is 12.5 Å². The number of anilines is 1. The molecule has 0 atom stereocenters. The SMILES string of the molecule is CCc1c[nH]c2ncnc(N3CC(CC(C)C)C3)c12. The second kappa shape index (κ2) is 4.83. The molecular formula is C15H22N4. The van der Waals surface area contributed by atoms with Crippen molar-refractivity contribution in [3.8, 4) is 0 Å². The molecule has 0 radical (unpaired) electrons. The van der Waals surface area contributed by atoms with Crippen molar-refractivity contribution in [1.29, 1.82) is 0 Å². The Morgan fingerprint density at radius 1 is 1.37 bits per heavy atom. The zero-order valence-corrected chi connectivity index (χ0v) is 12.0. The van der Waals surface area contributed by atoms with Gasteiger partial charge in [0, 0.05) is 19.3 Å². The number of nitrogens with zero attached hydrogens (tertiary/aromatic N) is 3. The average molecular weight is 258 g/mol. The highest BCUT2D eigenvalue weighted by atomic mass is 15.2. The van der Waals surface area contributed by atoms with Crippen LogP contribution in [0.2, 0.25) is 0 Å². The van der Waals surface area contributed by atoms with E-state index in [0.717, 1.165) is 42.8 Å². The van der Waals surface area contributed by atoms with Crippen LogP contribution >= 0.6 is 0 Å². The molecule has 1 aliphatic heterocycles. The van der Waals surface area contributed by atoms with Crippen LogP contribution in [0.3, 0.4) is 0 Å². The number of hydrogen-bond acceptors (Lipinski definition) is 3. The molecule has 0 unspecified atom stereocenters. The van der Waals surface area contributed by atoms with E-state index in [1.807, 2.05) is 0 Å². The minimum atomic E-state index is 0.788. The zero-order valence-electron chi connectivity index (χ0n) is 12.0.